The average Bonchev–Trinajstić information content (AvgIpc) is 2.16. The van der Waals surface area contributed by atoms with Crippen molar-refractivity contribution in [3.8, 4) is 5.75 Å². The summed E-state index contributed by atoms with van der Waals surface area (Å²) in [5, 5.41) is 2.86. The predicted molar refractivity (Wildman–Crippen MR) is 60.9 cm³/mol. The molecule has 1 aliphatic heterocycles. The highest BCUT2D eigenvalue weighted by atomic mass is 79.9. The van der Waals surface area contributed by atoms with E-state index in [1.54, 1.807) is 0 Å². The molecule has 2 rings (SSSR count). The van der Waals surface area contributed by atoms with Gasteiger partial charge in [0.15, 0.2) is 0 Å². The van der Waals surface area contributed by atoms with Gasteiger partial charge in [0, 0.05) is 11.4 Å². The molecule has 0 saturated heterocycles. The Morgan fingerprint density at radius 1 is 1.60 bits per heavy atom. The third kappa shape index (κ3) is 2.50. The van der Waals surface area contributed by atoms with Crippen molar-refractivity contribution in [1.82, 2.24) is 5.32 Å². The fraction of sp³-hybridized carbons (Fsp3) is 0.364. The van der Waals surface area contributed by atoms with Gasteiger partial charge in [0.25, 0.3) is 0 Å². The second-order valence-corrected chi connectivity index (χ2v) is 4.58. The van der Waals surface area contributed by atoms with E-state index in [2.05, 4.69) is 21.2 Å². The Balaban J connectivity index is 2.14. The molecular formula is C11H12BrNO2. The van der Waals surface area contributed by atoms with E-state index in [-0.39, 0.29) is 11.9 Å². The fourth-order valence-electron chi connectivity index (χ4n) is 1.74. The summed E-state index contributed by atoms with van der Waals surface area (Å²) in [5.74, 6) is 0.904. The lowest BCUT2D eigenvalue weighted by Gasteiger charge is -2.25. The standard InChI is InChI=1S/C11H12BrNO2/c1-7(14)13-10-5-8-4-9(12)2-3-11(8)15-6-10/h2-4,10H,5-6H2,1H3,(H,13,14)/t10-/m0/s1. The quantitative estimate of drug-likeness (QED) is 0.846. The van der Waals surface area contributed by atoms with Crippen LogP contribution in [0.1, 0.15) is 12.5 Å². The van der Waals surface area contributed by atoms with Crippen LogP contribution in [0.2, 0.25) is 0 Å². The minimum absolute atomic E-state index is 0.0120. The number of ether oxygens (including phenoxy) is 1. The van der Waals surface area contributed by atoms with Gasteiger partial charge in [-0.05, 0) is 30.2 Å². The predicted octanol–water partition coefficient (Wildman–Crippen LogP) is 1.89. The Labute approximate surface area is 96.9 Å². The molecule has 0 radical (unpaired) electrons. The number of hydrogen-bond acceptors (Lipinski definition) is 2. The highest BCUT2D eigenvalue weighted by molar-refractivity contribution is 9.10. The first-order valence-corrected chi connectivity index (χ1v) is 5.63. The zero-order valence-corrected chi connectivity index (χ0v) is 10.0. The van der Waals surface area contributed by atoms with E-state index in [0.29, 0.717) is 6.61 Å². The van der Waals surface area contributed by atoms with Crippen molar-refractivity contribution in [2.75, 3.05) is 6.61 Å². The lowest BCUT2D eigenvalue weighted by Crippen LogP contribution is -2.41. The first-order chi connectivity index (χ1) is 7.15. The van der Waals surface area contributed by atoms with Gasteiger partial charge in [-0.3, -0.25) is 4.79 Å². The molecule has 1 N–H and O–H groups in total. The smallest absolute Gasteiger partial charge is 0.217 e. The van der Waals surface area contributed by atoms with Gasteiger partial charge in [-0.15, -0.1) is 0 Å². The van der Waals surface area contributed by atoms with E-state index in [4.69, 9.17) is 4.74 Å². The van der Waals surface area contributed by atoms with Gasteiger partial charge in [-0.2, -0.15) is 0 Å². The minimum atomic E-state index is -0.0120. The SMILES string of the molecule is CC(=O)N[C@@H]1COc2ccc(Br)cc2C1. The largest absolute Gasteiger partial charge is 0.491 e. The van der Waals surface area contributed by atoms with Crippen LogP contribution < -0.4 is 10.1 Å². The minimum Gasteiger partial charge on any atom is -0.491 e. The van der Waals surface area contributed by atoms with Crippen molar-refractivity contribution in [3.63, 3.8) is 0 Å². The molecule has 1 heterocycles. The summed E-state index contributed by atoms with van der Waals surface area (Å²) in [6, 6.07) is 6.02. The Hall–Kier alpha value is -1.03. The summed E-state index contributed by atoms with van der Waals surface area (Å²) >= 11 is 3.42. The van der Waals surface area contributed by atoms with E-state index >= 15 is 0 Å². The number of amides is 1. The molecule has 15 heavy (non-hydrogen) atoms. The van der Waals surface area contributed by atoms with Crippen LogP contribution in [-0.4, -0.2) is 18.6 Å². The molecular weight excluding hydrogens is 258 g/mol. The second-order valence-electron chi connectivity index (χ2n) is 3.66. The summed E-state index contributed by atoms with van der Waals surface area (Å²) in [4.78, 5) is 10.9. The molecule has 1 amide bonds. The van der Waals surface area contributed by atoms with Gasteiger partial charge in [-0.1, -0.05) is 15.9 Å². The van der Waals surface area contributed by atoms with Crippen molar-refractivity contribution in [3.05, 3.63) is 28.2 Å². The Morgan fingerprint density at radius 2 is 2.40 bits per heavy atom. The van der Waals surface area contributed by atoms with Crippen LogP contribution in [0.4, 0.5) is 0 Å². The number of carbonyl (C=O) groups excluding carboxylic acids is 1. The topological polar surface area (TPSA) is 38.3 Å². The van der Waals surface area contributed by atoms with Gasteiger partial charge in [-0.25, -0.2) is 0 Å². The highest BCUT2D eigenvalue weighted by Gasteiger charge is 2.20. The van der Waals surface area contributed by atoms with E-state index in [0.717, 1.165) is 22.2 Å². The molecule has 1 aromatic carbocycles. The monoisotopic (exact) mass is 269 g/mol. The first-order valence-electron chi connectivity index (χ1n) is 4.83. The maximum Gasteiger partial charge on any atom is 0.217 e. The molecule has 0 bridgehead atoms. The summed E-state index contributed by atoms with van der Waals surface area (Å²) in [6.07, 6.45) is 0.828. The third-order valence-electron chi connectivity index (χ3n) is 2.34. The Bertz CT molecular complexity index is 392. The second kappa shape index (κ2) is 4.23. The summed E-state index contributed by atoms with van der Waals surface area (Å²) in [6.45, 7) is 2.07. The molecule has 4 heteroatoms. The maximum absolute atomic E-state index is 10.9. The van der Waals surface area contributed by atoms with Crippen LogP contribution in [-0.2, 0) is 11.2 Å². The van der Waals surface area contributed by atoms with Crippen molar-refractivity contribution in [2.45, 2.75) is 19.4 Å². The molecule has 1 aromatic rings. The summed E-state index contributed by atoms with van der Waals surface area (Å²) in [7, 11) is 0. The Morgan fingerprint density at radius 3 is 3.13 bits per heavy atom. The molecule has 0 fully saturated rings. The average molecular weight is 270 g/mol. The van der Waals surface area contributed by atoms with Crippen LogP contribution >= 0.6 is 15.9 Å². The fourth-order valence-corrected chi connectivity index (χ4v) is 2.15. The summed E-state index contributed by atoms with van der Waals surface area (Å²) in [5.41, 5.74) is 1.13. The van der Waals surface area contributed by atoms with E-state index < -0.39 is 0 Å². The molecule has 0 spiro atoms. The molecule has 0 aromatic heterocycles. The van der Waals surface area contributed by atoms with Crippen molar-refractivity contribution in [2.24, 2.45) is 0 Å². The zero-order valence-electron chi connectivity index (χ0n) is 8.42. The van der Waals surface area contributed by atoms with E-state index in [1.165, 1.54) is 6.92 Å². The van der Waals surface area contributed by atoms with E-state index in [1.807, 2.05) is 18.2 Å². The number of nitrogens with one attached hydrogen (secondary N) is 1. The maximum atomic E-state index is 10.9. The zero-order chi connectivity index (χ0) is 10.8. The van der Waals surface area contributed by atoms with Gasteiger partial charge in [0.05, 0.1) is 6.04 Å². The molecule has 3 nitrogen and oxygen atoms in total. The van der Waals surface area contributed by atoms with Crippen LogP contribution in [0.25, 0.3) is 0 Å². The van der Waals surface area contributed by atoms with Gasteiger partial charge in [0.1, 0.15) is 12.4 Å². The molecule has 0 saturated carbocycles. The number of benzene rings is 1. The molecule has 0 unspecified atom stereocenters. The van der Waals surface area contributed by atoms with Crippen LogP contribution in [0, 0.1) is 0 Å². The lowest BCUT2D eigenvalue weighted by molar-refractivity contribution is -0.119. The van der Waals surface area contributed by atoms with Gasteiger partial charge < -0.3 is 10.1 Å². The van der Waals surface area contributed by atoms with Crippen LogP contribution in [0.5, 0.6) is 5.75 Å². The number of rotatable bonds is 1. The number of carbonyl (C=O) groups is 1. The lowest BCUT2D eigenvalue weighted by atomic mass is 10.0. The summed E-state index contributed by atoms with van der Waals surface area (Å²) < 4.78 is 6.59. The van der Waals surface area contributed by atoms with Crippen LogP contribution in [0.15, 0.2) is 22.7 Å². The Kier molecular flexibility index (Phi) is 2.95. The van der Waals surface area contributed by atoms with Gasteiger partial charge >= 0.3 is 0 Å². The number of fused-ring (bicyclic) bond motifs is 1. The number of hydrogen-bond donors (Lipinski definition) is 1. The molecule has 1 aliphatic rings. The first kappa shape index (κ1) is 10.5. The normalized spacial score (nSPS) is 18.9. The van der Waals surface area contributed by atoms with Crippen LogP contribution in [0.3, 0.4) is 0 Å². The van der Waals surface area contributed by atoms with Gasteiger partial charge in [0.2, 0.25) is 5.91 Å². The van der Waals surface area contributed by atoms with Crippen molar-refractivity contribution < 1.29 is 9.53 Å². The van der Waals surface area contributed by atoms with Crippen molar-refractivity contribution >= 4 is 21.8 Å². The molecule has 0 aliphatic carbocycles. The number of halogens is 1. The van der Waals surface area contributed by atoms with E-state index in [9.17, 15) is 4.79 Å². The third-order valence-corrected chi connectivity index (χ3v) is 2.83. The molecule has 80 valence electrons. The molecule has 1 atom stereocenters. The highest BCUT2D eigenvalue weighted by Crippen LogP contribution is 2.27. The van der Waals surface area contributed by atoms with Crippen molar-refractivity contribution in [1.29, 1.82) is 0 Å².